The Labute approximate surface area is 123 Å². The molecule has 19 heavy (non-hydrogen) atoms. The topological polar surface area (TPSA) is 38.0 Å². The van der Waals surface area contributed by atoms with Gasteiger partial charge in [0.1, 0.15) is 11.6 Å². The minimum Gasteiger partial charge on any atom is -0.271 e. The van der Waals surface area contributed by atoms with Crippen molar-refractivity contribution >= 4 is 34.5 Å². The molecule has 1 heterocycles. The Balaban J connectivity index is 2.26. The van der Waals surface area contributed by atoms with E-state index in [0.29, 0.717) is 19.8 Å². The monoisotopic (exact) mass is 322 g/mol. The zero-order valence-electron chi connectivity index (χ0n) is 9.59. The minimum absolute atomic E-state index is 0.245. The number of benzene rings is 1. The number of nitrogens with two attached hydrogens (primary N) is 1. The Morgan fingerprint density at radius 1 is 1.26 bits per heavy atom. The van der Waals surface area contributed by atoms with Gasteiger partial charge in [-0.3, -0.25) is 11.3 Å². The molecule has 7 heteroatoms. The van der Waals surface area contributed by atoms with Crippen molar-refractivity contribution in [3.8, 4) is 0 Å². The van der Waals surface area contributed by atoms with Gasteiger partial charge in [-0.15, -0.1) is 11.3 Å². The third-order valence-corrected chi connectivity index (χ3v) is 4.22. The molecule has 0 aliphatic rings. The van der Waals surface area contributed by atoms with E-state index in [1.807, 2.05) is 0 Å². The van der Waals surface area contributed by atoms with E-state index in [1.54, 1.807) is 6.07 Å². The fourth-order valence-electron chi connectivity index (χ4n) is 1.76. The fraction of sp³-hybridized carbons (Fsp3) is 0.167. The maximum absolute atomic E-state index is 13.6. The summed E-state index contributed by atoms with van der Waals surface area (Å²) in [5.74, 6) is 4.24. The standard InChI is InChI=1S/C12H10Cl2F2N2S/c13-11-5-8(12(14)19-11)10(18-17)3-6-1-2-7(15)4-9(6)16/h1-2,4-5,10,18H,3,17H2. The van der Waals surface area contributed by atoms with E-state index >= 15 is 0 Å². The van der Waals surface area contributed by atoms with Gasteiger partial charge in [0.05, 0.1) is 14.7 Å². The number of halogens is 4. The van der Waals surface area contributed by atoms with E-state index in [4.69, 9.17) is 29.0 Å². The van der Waals surface area contributed by atoms with Crippen molar-refractivity contribution in [2.45, 2.75) is 12.5 Å². The van der Waals surface area contributed by atoms with Crippen molar-refractivity contribution in [1.82, 2.24) is 5.43 Å². The smallest absolute Gasteiger partial charge is 0.129 e. The molecular formula is C12H10Cl2F2N2S. The van der Waals surface area contributed by atoms with E-state index in [-0.39, 0.29) is 6.42 Å². The lowest BCUT2D eigenvalue weighted by atomic mass is 10.0. The summed E-state index contributed by atoms with van der Waals surface area (Å²) in [5.41, 5.74) is 3.61. The fourth-order valence-corrected chi connectivity index (χ4v) is 3.34. The van der Waals surface area contributed by atoms with Gasteiger partial charge in [0, 0.05) is 11.6 Å². The van der Waals surface area contributed by atoms with Gasteiger partial charge >= 0.3 is 0 Å². The molecule has 2 aromatic rings. The minimum atomic E-state index is -0.616. The molecule has 0 bridgehead atoms. The highest BCUT2D eigenvalue weighted by Gasteiger charge is 2.18. The third-order valence-electron chi connectivity index (χ3n) is 2.70. The summed E-state index contributed by atoms with van der Waals surface area (Å²) in [6.45, 7) is 0. The van der Waals surface area contributed by atoms with Crippen LogP contribution in [0.15, 0.2) is 24.3 Å². The normalized spacial score (nSPS) is 12.7. The van der Waals surface area contributed by atoms with Crippen LogP contribution < -0.4 is 11.3 Å². The van der Waals surface area contributed by atoms with Crippen LogP contribution in [-0.4, -0.2) is 0 Å². The lowest BCUT2D eigenvalue weighted by Gasteiger charge is -2.15. The van der Waals surface area contributed by atoms with E-state index in [2.05, 4.69) is 5.43 Å². The van der Waals surface area contributed by atoms with Crippen molar-refractivity contribution < 1.29 is 8.78 Å². The van der Waals surface area contributed by atoms with Gasteiger partial charge in [0.2, 0.25) is 0 Å². The second-order valence-electron chi connectivity index (χ2n) is 3.94. The summed E-state index contributed by atoms with van der Waals surface area (Å²) in [6, 6.07) is 4.72. The van der Waals surface area contributed by atoms with E-state index in [0.717, 1.165) is 6.07 Å². The molecular weight excluding hydrogens is 313 g/mol. The van der Waals surface area contributed by atoms with Crippen molar-refractivity contribution in [2.75, 3.05) is 0 Å². The summed E-state index contributed by atoms with van der Waals surface area (Å²) >= 11 is 13.1. The lowest BCUT2D eigenvalue weighted by Crippen LogP contribution is -2.29. The van der Waals surface area contributed by atoms with Crippen molar-refractivity contribution in [3.63, 3.8) is 0 Å². The molecule has 0 aliphatic heterocycles. The number of hydrogen-bond donors (Lipinski definition) is 2. The van der Waals surface area contributed by atoms with Crippen molar-refractivity contribution in [1.29, 1.82) is 0 Å². The quantitative estimate of drug-likeness (QED) is 0.657. The predicted molar refractivity (Wildman–Crippen MR) is 74.5 cm³/mol. The van der Waals surface area contributed by atoms with Gasteiger partial charge in [-0.05, 0) is 24.1 Å². The molecule has 0 saturated carbocycles. The molecule has 1 aromatic carbocycles. The average molecular weight is 323 g/mol. The molecule has 0 amide bonds. The molecule has 2 nitrogen and oxygen atoms in total. The van der Waals surface area contributed by atoms with E-state index < -0.39 is 17.7 Å². The molecule has 0 spiro atoms. The van der Waals surface area contributed by atoms with Crippen LogP contribution in [0.3, 0.4) is 0 Å². The molecule has 2 rings (SSSR count). The first kappa shape index (κ1) is 14.7. The zero-order valence-corrected chi connectivity index (χ0v) is 11.9. The molecule has 0 fully saturated rings. The van der Waals surface area contributed by atoms with Gasteiger partial charge in [-0.1, -0.05) is 29.3 Å². The van der Waals surface area contributed by atoms with Gasteiger partial charge < -0.3 is 0 Å². The number of nitrogens with one attached hydrogen (secondary N) is 1. The first-order chi connectivity index (χ1) is 9.01. The Bertz CT molecular complexity index is 589. The SMILES string of the molecule is NNC(Cc1ccc(F)cc1F)c1cc(Cl)sc1Cl. The number of hydrazine groups is 1. The van der Waals surface area contributed by atoms with E-state index in [1.165, 1.54) is 23.5 Å². The molecule has 0 radical (unpaired) electrons. The van der Waals surface area contributed by atoms with Crippen molar-refractivity contribution in [3.05, 3.63) is 55.7 Å². The first-order valence-corrected chi connectivity index (χ1v) is 6.93. The Kier molecular flexibility index (Phi) is 4.76. The molecule has 0 saturated heterocycles. The highest BCUT2D eigenvalue weighted by atomic mass is 35.5. The van der Waals surface area contributed by atoms with E-state index in [9.17, 15) is 8.78 Å². The summed E-state index contributed by atoms with van der Waals surface area (Å²) in [6.07, 6.45) is 0.245. The third kappa shape index (κ3) is 3.43. The molecule has 1 atom stereocenters. The average Bonchev–Trinajstić information content (AvgIpc) is 2.68. The van der Waals surface area contributed by atoms with Gasteiger partial charge in [0.15, 0.2) is 0 Å². The number of hydrogen-bond acceptors (Lipinski definition) is 3. The van der Waals surface area contributed by atoms with Crippen LogP contribution in [0.4, 0.5) is 8.78 Å². The maximum atomic E-state index is 13.6. The molecule has 1 unspecified atom stereocenters. The number of thiophene rings is 1. The van der Waals surface area contributed by atoms with Gasteiger partial charge in [0.25, 0.3) is 0 Å². The van der Waals surface area contributed by atoms with Crippen LogP contribution in [0, 0.1) is 11.6 Å². The van der Waals surface area contributed by atoms with Crippen LogP contribution in [0.25, 0.3) is 0 Å². The maximum Gasteiger partial charge on any atom is 0.129 e. The van der Waals surface area contributed by atoms with Crippen LogP contribution in [-0.2, 0) is 6.42 Å². The second kappa shape index (κ2) is 6.15. The Morgan fingerprint density at radius 2 is 2.00 bits per heavy atom. The van der Waals surface area contributed by atoms with Crippen LogP contribution in [0.2, 0.25) is 8.67 Å². The molecule has 3 N–H and O–H groups in total. The van der Waals surface area contributed by atoms with Crippen LogP contribution in [0.5, 0.6) is 0 Å². The second-order valence-corrected chi connectivity index (χ2v) is 6.22. The summed E-state index contributed by atoms with van der Waals surface area (Å²) in [7, 11) is 0. The first-order valence-electron chi connectivity index (χ1n) is 5.36. The Morgan fingerprint density at radius 3 is 2.53 bits per heavy atom. The highest BCUT2D eigenvalue weighted by molar-refractivity contribution is 7.20. The predicted octanol–water partition coefficient (Wildman–Crippen LogP) is 4.08. The molecule has 102 valence electrons. The number of rotatable bonds is 4. The summed E-state index contributed by atoms with van der Waals surface area (Å²) in [5, 5.41) is 0. The van der Waals surface area contributed by atoms with Crippen molar-refractivity contribution in [2.24, 2.45) is 5.84 Å². The highest BCUT2D eigenvalue weighted by Crippen LogP contribution is 2.36. The molecule has 1 aromatic heterocycles. The van der Waals surface area contributed by atoms with Crippen LogP contribution in [0.1, 0.15) is 17.2 Å². The zero-order chi connectivity index (χ0) is 14.0. The summed E-state index contributed by atoms with van der Waals surface area (Å²) in [4.78, 5) is 0. The summed E-state index contributed by atoms with van der Waals surface area (Å²) < 4.78 is 27.5. The lowest BCUT2D eigenvalue weighted by molar-refractivity contribution is 0.523. The van der Waals surface area contributed by atoms with Gasteiger partial charge in [-0.2, -0.15) is 0 Å². The molecule has 0 aliphatic carbocycles. The largest absolute Gasteiger partial charge is 0.271 e. The van der Waals surface area contributed by atoms with Crippen LogP contribution >= 0.6 is 34.5 Å². The van der Waals surface area contributed by atoms with Gasteiger partial charge in [-0.25, -0.2) is 8.78 Å². The Hall–Kier alpha value is -0.720.